The number of hydrogen-bond acceptors (Lipinski definition) is 5. The third kappa shape index (κ3) is 3.86. The monoisotopic (exact) mass is 297 g/mol. The van der Waals surface area contributed by atoms with Crippen molar-refractivity contribution in [3.8, 4) is 5.75 Å². The third-order valence-electron chi connectivity index (χ3n) is 3.06. The van der Waals surface area contributed by atoms with Gasteiger partial charge in [0, 0.05) is 7.11 Å². The molecular formula is C17H15NO4. The van der Waals surface area contributed by atoms with Crippen molar-refractivity contribution in [2.45, 2.75) is 6.61 Å². The molecule has 0 aromatic heterocycles. The Morgan fingerprint density at radius 2 is 1.95 bits per heavy atom. The average molecular weight is 297 g/mol. The molecule has 0 aliphatic rings. The van der Waals surface area contributed by atoms with Gasteiger partial charge in [0.05, 0.1) is 12.2 Å². The van der Waals surface area contributed by atoms with Gasteiger partial charge in [0.2, 0.25) is 0 Å². The summed E-state index contributed by atoms with van der Waals surface area (Å²) in [5.41, 5.74) is 2.10. The van der Waals surface area contributed by atoms with Crippen molar-refractivity contribution in [3.63, 3.8) is 0 Å². The van der Waals surface area contributed by atoms with Crippen LogP contribution in [0.15, 0.2) is 53.7 Å². The van der Waals surface area contributed by atoms with Crippen molar-refractivity contribution >= 4 is 17.5 Å². The molecule has 0 amide bonds. The lowest BCUT2D eigenvalue weighted by Gasteiger charge is -2.04. The van der Waals surface area contributed by atoms with Crippen LogP contribution in [0.4, 0.5) is 5.69 Å². The normalized spacial score (nSPS) is 10.8. The van der Waals surface area contributed by atoms with Crippen molar-refractivity contribution in [1.29, 1.82) is 0 Å². The first-order valence-corrected chi connectivity index (χ1v) is 6.60. The van der Waals surface area contributed by atoms with Gasteiger partial charge >= 0.3 is 0 Å². The van der Waals surface area contributed by atoms with Gasteiger partial charge < -0.3 is 9.84 Å². The van der Waals surface area contributed by atoms with Gasteiger partial charge in [-0.1, -0.05) is 24.3 Å². The van der Waals surface area contributed by atoms with Gasteiger partial charge in [0.15, 0.2) is 5.78 Å². The molecule has 0 aliphatic heterocycles. The summed E-state index contributed by atoms with van der Waals surface area (Å²) >= 11 is 0. The number of benzene rings is 2. The molecule has 0 saturated heterocycles. The van der Waals surface area contributed by atoms with E-state index in [0.717, 1.165) is 11.1 Å². The number of phenols is 1. The molecule has 2 aromatic rings. The summed E-state index contributed by atoms with van der Waals surface area (Å²) in [4.78, 5) is 22.4. The highest BCUT2D eigenvalue weighted by molar-refractivity contribution is 6.08. The van der Waals surface area contributed by atoms with Gasteiger partial charge in [0.1, 0.15) is 11.4 Å². The molecule has 112 valence electrons. The second-order valence-corrected chi connectivity index (χ2v) is 4.66. The van der Waals surface area contributed by atoms with Crippen LogP contribution >= 0.6 is 0 Å². The molecule has 0 aliphatic carbocycles. The van der Waals surface area contributed by atoms with Crippen LogP contribution in [-0.4, -0.2) is 18.0 Å². The van der Waals surface area contributed by atoms with E-state index in [1.807, 2.05) is 0 Å². The fraction of sp³-hybridized carbons (Fsp3) is 0.118. The number of rotatable bonds is 6. The minimum Gasteiger partial charge on any atom is -0.507 e. The molecule has 2 aromatic carbocycles. The molecular weight excluding hydrogens is 282 g/mol. The number of ketones is 1. The summed E-state index contributed by atoms with van der Waals surface area (Å²) in [6.45, 7) is 0.370. The molecule has 0 spiro atoms. The van der Waals surface area contributed by atoms with Crippen LogP contribution in [0.25, 0.3) is 6.08 Å². The zero-order valence-corrected chi connectivity index (χ0v) is 12.0. The number of carbonyl (C=O) groups excluding carboxylic acids is 1. The molecule has 1 N–H and O–H groups in total. The first kappa shape index (κ1) is 15.6. The van der Waals surface area contributed by atoms with E-state index in [1.54, 1.807) is 49.6 Å². The predicted octanol–water partition coefficient (Wildman–Crippen LogP) is 3.83. The van der Waals surface area contributed by atoms with Gasteiger partial charge in [0.25, 0.3) is 0 Å². The number of nitrogens with zero attached hydrogens (tertiary/aromatic N) is 1. The molecule has 0 bridgehead atoms. The maximum atomic E-state index is 12.1. The summed E-state index contributed by atoms with van der Waals surface area (Å²) in [7, 11) is 1.56. The number of aromatic hydroxyl groups is 1. The van der Waals surface area contributed by atoms with Crippen LogP contribution in [0.5, 0.6) is 5.75 Å². The van der Waals surface area contributed by atoms with Crippen LogP contribution in [0.1, 0.15) is 21.5 Å². The molecule has 0 fully saturated rings. The Hall–Kier alpha value is -2.79. The molecule has 0 unspecified atom stereocenters. The van der Waals surface area contributed by atoms with E-state index < -0.39 is 0 Å². The fourth-order valence-electron chi connectivity index (χ4n) is 1.95. The highest BCUT2D eigenvalue weighted by Gasteiger charge is 2.09. The number of phenolic OH excluding ortho intramolecular Hbond substituents is 1. The molecule has 22 heavy (non-hydrogen) atoms. The lowest BCUT2D eigenvalue weighted by atomic mass is 10.1. The molecule has 5 nitrogen and oxygen atoms in total. The minimum absolute atomic E-state index is 0.0790. The van der Waals surface area contributed by atoms with Crippen LogP contribution < -0.4 is 0 Å². The number of nitroso groups, excluding NO2 is 1. The Morgan fingerprint density at radius 1 is 1.23 bits per heavy atom. The molecule has 0 atom stereocenters. The Bertz CT molecular complexity index is 705. The molecule has 0 heterocycles. The lowest BCUT2D eigenvalue weighted by molar-refractivity contribution is 0.104. The van der Waals surface area contributed by atoms with Gasteiger partial charge in [-0.25, -0.2) is 0 Å². The van der Waals surface area contributed by atoms with Crippen molar-refractivity contribution in [2.24, 2.45) is 5.18 Å². The van der Waals surface area contributed by atoms with Gasteiger partial charge in [-0.05, 0) is 46.6 Å². The predicted molar refractivity (Wildman–Crippen MR) is 84.1 cm³/mol. The van der Waals surface area contributed by atoms with E-state index in [9.17, 15) is 14.8 Å². The van der Waals surface area contributed by atoms with E-state index in [0.29, 0.717) is 12.3 Å². The zero-order chi connectivity index (χ0) is 15.9. The maximum Gasteiger partial charge on any atom is 0.189 e. The Kier molecular flexibility index (Phi) is 5.16. The third-order valence-corrected chi connectivity index (χ3v) is 3.06. The highest BCUT2D eigenvalue weighted by atomic mass is 16.5. The zero-order valence-electron chi connectivity index (χ0n) is 12.0. The number of carbonyl (C=O) groups is 1. The van der Waals surface area contributed by atoms with Gasteiger partial charge in [-0.15, -0.1) is 4.91 Å². The number of allylic oxidation sites excluding steroid dienone is 1. The summed E-state index contributed by atoms with van der Waals surface area (Å²) in [5.74, 6) is -0.385. The highest BCUT2D eigenvalue weighted by Crippen LogP contribution is 2.21. The minimum atomic E-state index is -0.306. The van der Waals surface area contributed by atoms with E-state index in [-0.39, 0.29) is 17.1 Å². The first-order valence-electron chi connectivity index (χ1n) is 6.60. The second kappa shape index (κ2) is 7.28. The van der Waals surface area contributed by atoms with Crippen LogP contribution in [0.2, 0.25) is 0 Å². The quantitative estimate of drug-likeness (QED) is 0.499. The summed E-state index contributed by atoms with van der Waals surface area (Å²) in [5, 5.41) is 12.7. The fourth-order valence-corrected chi connectivity index (χ4v) is 1.95. The van der Waals surface area contributed by atoms with Crippen molar-refractivity contribution < 1.29 is 14.6 Å². The summed E-state index contributed by atoms with van der Waals surface area (Å²) in [6.07, 6.45) is 2.98. The second-order valence-electron chi connectivity index (χ2n) is 4.66. The van der Waals surface area contributed by atoms with E-state index in [2.05, 4.69) is 5.18 Å². The van der Waals surface area contributed by atoms with Crippen LogP contribution in [0, 0.1) is 4.91 Å². The van der Waals surface area contributed by atoms with E-state index in [4.69, 9.17) is 4.74 Å². The smallest absolute Gasteiger partial charge is 0.189 e. The van der Waals surface area contributed by atoms with E-state index >= 15 is 0 Å². The number of hydrogen-bond donors (Lipinski definition) is 1. The van der Waals surface area contributed by atoms with Crippen LogP contribution in [0.3, 0.4) is 0 Å². The standard InChI is InChI=1S/C17H15NO4/c1-22-11-13-4-8-15(17(20)10-13)16(19)9-5-12-2-6-14(18-21)7-3-12/h2-10,20H,11H2,1H3/b9-5+. The van der Waals surface area contributed by atoms with Crippen molar-refractivity contribution in [1.82, 2.24) is 0 Å². The number of methoxy groups -OCH3 is 1. The van der Waals surface area contributed by atoms with Gasteiger partial charge in [-0.3, -0.25) is 4.79 Å². The number of ether oxygens (including phenoxy) is 1. The van der Waals surface area contributed by atoms with Crippen molar-refractivity contribution in [2.75, 3.05) is 7.11 Å². The largest absolute Gasteiger partial charge is 0.507 e. The summed E-state index contributed by atoms with van der Waals surface area (Å²) in [6, 6.07) is 11.3. The van der Waals surface area contributed by atoms with Crippen molar-refractivity contribution in [3.05, 3.63) is 70.1 Å². The lowest BCUT2D eigenvalue weighted by Crippen LogP contribution is -1.96. The SMILES string of the molecule is COCc1ccc(C(=O)/C=C/c2ccc(N=O)cc2)c(O)c1. The molecule has 0 radical (unpaired) electrons. The first-order chi connectivity index (χ1) is 10.6. The average Bonchev–Trinajstić information content (AvgIpc) is 2.53. The van der Waals surface area contributed by atoms with Gasteiger partial charge in [-0.2, -0.15) is 0 Å². The van der Waals surface area contributed by atoms with E-state index in [1.165, 1.54) is 12.1 Å². The molecule has 5 heteroatoms. The Balaban J connectivity index is 2.13. The maximum absolute atomic E-state index is 12.1. The molecule has 2 rings (SSSR count). The Morgan fingerprint density at radius 3 is 2.55 bits per heavy atom. The summed E-state index contributed by atoms with van der Waals surface area (Å²) < 4.78 is 4.97. The van der Waals surface area contributed by atoms with Crippen LogP contribution in [-0.2, 0) is 11.3 Å². The Labute approximate surface area is 127 Å². The topological polar surface area (TPSA) is 76.0 Å². The molecule has 0 saturated carbocycles.